The largest absolute Gasteiger partial charge is 0.322 e. The highest BCUT2D eigenvalue weighted by Crippen LogP contribution is 2.26. The van der Waals surface area contributed by atoms with Crippen LogP contribution >= 0.6 is 34.2 Å². The average molecular weight is 431 g/mol. The number of carbonyl (C=O) groups is 1. The van der Waals surface area contributed by atoms with Crippen LogP contribution in [0.5, 0.6) is 0 Å². The van der Waals surface area contributed by atoms with E-state index in [1.54, 1.807) is 0 Å². The molecule has 0 saturated carbocycles. The molecule has 0 fully saturated rings. The number of rotatable bonds is 3. The molecule has 0 aliphatic heterocycles. The first-order valence-corrected chi connectivity index (χ1v) is 7.77. The van der Waals surface area contributed by atoms with Crippen LogP contribution in [0.1, 0.15) is 21.5 Å². The molecule has 2 rings (SSSR count). The predicted molar refractivity (Wildman–Crippen MR) is 94.7 cm³/mol. The third-order valence-corrected chi connectivity index (χ3v) is 4.64. The van der Waals surface area contributed by atoms with Crippen molar-refractivity contribution in [1.29, 1.82) is 0 Å². The van der Waals surface area contributed by atoms with E-state index in [1.807, 2.05) is 26.0 Å². The van der Waals surface area contributed by atoms with Gasteiger partial charge in [0.1, 0.15) is 0 Å². The molecule has 0 bridgehead atoms. The molecule has 0 atom stereocenters. The van der Waals surface area contributed by atoms with Gasteiger partial charge in [-0.15, -0.1) is 0 Å². The van der Waals surface area contributed by atoms with Crippen molar-refractivity contribution in [3.05, 3.63) is 65.7 Å². The molecule has 5 nitrogen and oxygen atoms in total. The maximum atomic E-state index is 12.3. The van der Waals surface area contributed by atoms with Gasteiger partial charge in [-0.05, 0) is 65.8 Å². The quantitative estimate of drug-likeness (QED) is 0.435. The lowest BCUT2D eigenvalue weighted by Gasteiger charge is -2.11. The van der Waals surface area contributed by atoms with E-state index in [-0.39, 0.29) is 16.3 Å². The molecule has 0 aliphatic rings. The Labute approximate surface area is 146 Å². The third-order valence-electron chi connectivity index (χ3n) is 3.16. The van der Waals surface area contributed by atoms with Crippen LogP contribution in [0.15, 0.2) is 30.3 Å². The smallest absolute Gasteiger partial charge is 0.270 e. The second kappa shape index (κ2) is 6.62. The summed E-state index contributed by atoms with van der Waals surface area (Å²) in [4.78, 5) is 22.4. The molecule has 0 unspecified atom stereocenters. The Hall–Kier alpha value is -1.67. The van der Waals surface area contributed by atoms with Crippen molar-refractivity contribution in [2.75, 3.05) is 5.32 Å². The van der Waals surface area contributed by atoms with Gasteiger partial charge in [0.2, 0.25) is 0 Å². The molecule has 22 heavy (non-hydrogen) atoms. The maximum Gasteiger partial charge on any atom is 0.270 e. The molecule has 7 heteroatoms. The zero-order valence-electron chi connectivity index (χ0n) is 11.8. The molecule has 2 aromatic carbocycles. The maximum absolute atomic E-state index is 12.3. The lowest BCUT2D eigenvalue weighted by atomic mass is 10.1. The number of nitrogens with zero attached hydrogens (tertiary/aromatic N) is 1. The number of nitro benzene ring substituents is 1. The van der Waals surface area contributed by atoms with E-state index in [0.29, 0.717) is 5.69 Å². The molecule has 0 aliphatic carbocycles. The first kappa shape index (κ1) is 16.7. The van der Waals surface area contributed by atoms with Gasteiger partial charge < -0.3 is 5.32 Å². The Morgan fingerprint density at radius 3 is 2.50 bits per heavy atom. The number of anilines is 1. The number of halogens is 2. The molecular formula is C15H12ClIN2O3. The SMILES string of the molecule is Cc1cc(NC(=O)c2ccc([N+](=O)[O-])cc2Cl)c(C)cc1I. The zero-order valence-corrected chi connectivity index (χ0v) is 14.7. The molecule has 1 amide bonds. The van der Waals surface area contributed by atoms with Crippen LogP contribution < -0.4 is 5.32 Å². The summed E-state index contributed by atoms with van der Waals surface area (Å²) in [7, 11) is 0. The highest BCUT2D eigenvalue weighted by Gasteiger charge is 2.16. The summed E-state index contributed by atoms with van der Waals surface area (Å²) < 4.78 is 1.11. The van der Waals surface area contributed by atoms with Crippen molar-refractivity contribution in [3.8, 4) is 0 Å². The summed E-state index contributed by atoms with van der Waals surface area (Å²) in [6, 6.07) is 7.64. The van der Waals surface area contributed by atoms with Crippen LogP contribution in [0.2, 0.25) is 5.02 Å². The van der Waals surface area contributed by atoms with Crippen molar-refractivity contribution in [2.24, 2.45) is 0 Å². The second-order valence-electron chi connectivity index (χ2n) is 4.79. The van der Waals surface area contributed by atoms with Crippen LogP contribution in [-0.4, -0.2) is 10.8 Å². The molecule has 0 aromatic heterocycles. The first-order chi connectivity index (χ1) is 10.3. The number of hydrogen-bond acceptors (Lipinski definition) is 3. The summed E-state index contributed by atoms with van der Waals surface area (Å²) >= 11 is 8.19. The Balaban J connectivity index is 2.30. The number of carbonyl (C=O) groups excluding carboxylic acids is 1. The predicted octanol–water partition coefficient (Wildman–Crippen LogP) is 4.72. The van der Waals surface area contributed by atoms with Gasteiger partial charge >= 0.3 is 0 Å². The molecule has 1 N–H and O–H groups in total. The number of aryl methyl sites for hydroxylation is 2. The van der Waals surface area contributed by atoms with Gasteiger partial charge in [-0.1, -0.05) is 11.6 Å². The van der Waals surface area contributed by atoms with Crippen LogP contribution in [0, 0.1) is 27.5 Å². The van der Waals surface area contributed by atoms with Gasteiger partial charge in [-0.2, -0.15) is 0 Å². The van der Waals surface area contributed by atoms with Crippen LogP contribution in [0.3, 0.4) is 0 Å². The van der Waals surface area contributed by atoms with E-state index < -0.39 is 10.8 Å². The topological polar surface area (TPSA) is 72.2 Å². The van der Waals surface area contributed by atoms with E-state index in [1.165, 1.54) is 18.2 Å². The monoisotopic (exact) mass is 430 g/mol. The fourth-order valence-electron chi connectivity index (χ4n) is 1.91. The fraction of sp³-hybridized carbons (Fsp3) is 0.133. The van der Waals surface area contributed by atoms with Crippen LogP contribution in [-0.2, 0) is 0 Å². The van der Waals surface area contributed by atoms with Crippen molar-refractivity contribution in [1.82, 2.24) is 0 Å². The minimum absolute atomic E-state index is 0.0478. The number of non-ortho nitro benzene ring substituents is 1. The van der Waals surface area contributed by atoms with Gasteiger partial charge in [-0.3, -0.25) is 14.9 Å². The van der Waals surface area contributed by atoms with E-state index in [2.05, 4.69) is 27.9 Å². The molecule has 0 spiro atoms. The lowest BCUT2D eigenvalue weighted by Crippen LogP contribution is -2.13. The molecule has 0 saturated heterocycles. The standard InChI is InChI=1S/C15H12ClIN2O3/c1-8-6-14(9(2)5-13(8)17)18-15(20)11-4-3-10(19(21)22)7-12(11)16/h3-7H,1-2H3,(H,18,20). The number of nitro groups is 1. The van der Waals surface area contributed by atoms with Gasteiger partial charge in [0, 0.05) is 21.4 Å². The average Bonchev–Trinajstić information content (AvgIpc) is 2.44. The van der Waals surface area contributed by atoms with Gasteiger partial charge in [-0.25, -0.2) is 0 Å². The number of benzene rings is 2. The van der Waals surface area contributed by atoms with Crippen molar-refractivity contribution >= 4 is 51.5 Å². The highest BCUT2D eigenvalue weighted by molar-refractivity contribution is 14.1. The number of hydrogen-bond donors (Lipinski definition) is 1. The molecular weight excluding hydrogens is 419 g/mol. The summed E-state index contributed by atoms with van der Waals surface area (Å²) in [5.74, 6) is -0.399. The van der Waals surface area contributed by atoms with E-state index >= 15 is 0 Å². The number of amides is 1. The zero-order chi connectivity index (χ0) is 16.4. The van der Waals surface area contributed by atoms with Crippen molar-refractivity contribution in [3.63, 3.8) is 0 Å². The summed E-state index contributed by atoms with van der Waals surface area (Å²) in [6.45, 7) is 3.85. The lowest BCUT2D eigenvalue weighted by molar-refractivity contribution is -0.384. The third kappa shape index (κ3) is 3.56. The Kier molecular flexibility index (Phi) is 5.02. The summed E-state index contributed by atoms with van der Waals surface area (Å²) in [5, 5.41) is 13.5. The van der Waals surface area contributed by atoms with Crippen LogP contribution in [0.25, 0.3) is 0 Å². The van der Waals surface area contributed by atoms with E-state index in [4.69, 9.17) is 11.6 Å². The minimum atomic E-state index is -0.555. The van der Waals surface area contributed by atoms with E-state index in [0.717, 1.165) is 14.7 Å². The molecule has 2 aromatic rings. The summed E-state index contributed by atoms with van der Waals surface area (Å²) in [6.07, 6.45) is 0. The summed E-state index contributed by atoms with van der Waals surface area (Å²) in [5.41, 5.74) is 2.72. The highest BCUT2D eigenvalue weighted by atomic mass is 127. The molecule has 0 heterocycles. The first-order valence-electron chi connectivity index (χ1n) is 6.31. The van der Waals surface area contributed by atoms with Gasteiger partial charge in [0.15, 0.2) is 0 Å². The van der Waals surface area contributed by atoms with Gasteiger partial charge in [0.05, 0.1) is 15.5 Å². The molecule has 0 radical (unpaired) electrons. The Morgan fingerprint density at radius 1 is 1.23 bits per heavy atom. The molecule has 114 valence electrons. The Morgan fingerprint density at radius 2 is 1.91 bits per heavy atom. The number of nitrogens with one attached hydrogen (secondary N) is 1. The Bertz CT molecular complexity index is 778. The normalized spacial score (nSPS) is 10.4. The van der Waals surface area contributed by atoms with Crippen molar-refractivity contribution < 1.29 is 9.72 Å². The van der Waals surface area contributed by atoms with E-state index in [9.17, 15) is 14.9 Å². The van der Waals surface area contributed by atoms with Crippen LogP contribution in [0.4, 0.5) is 11.4 Å². The fourth-order valence-corrected chi connectivity index (χ4v) is 2.79. The van der Waals surface area contributed by atoms with Gasteiger partial charge in [0.25, 0.3) is 11.6 Å². The van der Waals surface area contributed by atoms with Crippen molar-refractivity contribution in [2.45, 2.75) is 13.8 Å². The second-order valence-corrected chi connectivity index (χ2v) is 6.36. The minimum Gasteiger partial charge on any atom is -0.322 e.